The number of halogens is 3. The zero-order valence-electron chi connectivity index (χ0n) is 18.3. The fourth-order valence-corrected chi connectivity index (χ4v) is 2.80. The van der Waals surface area contributed by atoms with Gasteiger partial charge in [-0.15, -0.1) is 19.8 Å². The maximum Gasteiger partial charge on any atom is 0.573 e. The van der Waals surface area contributed by atoms with Crippen molar-refractivity contribution in [3.05, 3.63) is 72.0 Å². The number of nitrogens with zero attached hydrogens (tertiary/aromatic N) is 3. The van der Waals surface area contributed by atoms with E-state index in [0.29, 0.717) is 37.5 Å². The molecule has 0 amide bonds. The molecule has 1 aliphatic carbocycles. The molecule has 0 fully saturated rings. The maximum absolute atomic E-state index is 12.3. The summed E-state index contributed by atoms with van der Waals surface area (Å²) in [5.74, 6) is 0.910. The Morgan fingerprint density at radius 1 is 1.18 bits per heavy atom. The summed E-state index contributed by atoms with van der Waals surface area (Å²) in [6.45, 7) is 9.26. The highest BCUT2D eigenvalue weighted by molar-refractivity contribution is 5.82. The molecule has 0 aromatic heterocycles. The number of alkyl halides is 3. The number of oxime groups is 1. The second-order valence-corrected chi connectivity index (χ2v) is 6.83. The lowest BCUT2D eigenvalue weighted by molar-refractivity contribution is -0.274. The molecular formula is C24H26F3N3O3. The lowest BCUT2D eigenvalue weighted by Crippen LogP contribution is -2.16. The standard InChI is InChI=1S/C20H18F3NO3.C4H8N2/c1-2-3-10-25-19-13-14-11-16(6-9-18(12-14)27-24-19)15-4-7-17(8-5-15)26-20(21,22)23;1-3-4-6-5-2/h2,4-9,11H,1,3,10,12-13H2;4H,2-3H2,1H3/b;6-4-. The Kier molecular flexibility index (Phi) is 10.1. The quantitative estimate of drug-likeness (QED) is 0.199. The van der Waals surface area contributed by atoms with Gasteiger partial charge in [-0.1, -0.05) is 42.9 Å². The third-order valence-electron chi connectivity index (χ3n) is 4.21. The predicted octanol–water partition coefficient (Wildman–Crippen LogP) is 6.59. The highest BCUT2D eigenvalue weighted by Gasteiger charge is 2.31. The van der Waals surface area contributed by atoms with Crippen LogP contribution in [0.1, 0.15) is 38.2 Å². The van der Waals surface area contributed by atoms with Crippen LogP contribution < -0.4 is 4.74 Å². The van der Waals surface area contributed by atoms with Gasteiger partial charge in [0.05, 0.1) is 6.61 Å². The van der Waals surface area contributed by atoms with Crippen molar-refractivity contribution in [2.24, 2.45) is 15.4 Å². The number of ether oxygens (including phenoxy) is 2. The first kappa shape index (κ1) is 25.6. The van der Waals surface area contributed by atoms with E-state index in [1.165, 1.54) is 12.1 Å². The number of rotatable bonds is 7. The fourth-order valence-electron chi connectivity index (χ4n) is 2.80. The van der Waals surface area contributed by atoms with Crippen LogP contribution in [0.5, 0.6) is 5.75 Å². The summed E-state index contributed by atoms with van der Waals surface area (Å²) in [5.41, 5.74) is 2.66. The van der Waals surface area contributed by atoms with Gasteiger partial charge in [0.15, 0.2) is 0 Å². The van der Waals surface area contributed by atoms with Crippen LogP contribution in [0, 0.1) is 0 Å². The Hall–Kier alpha value is -3.62. The van der Waals surface area contributed by atoms with E-state index in [-0.39, 0.29) is 5.75 Å². The van der Waals surface area contributed by atoms with Crippen LogP contribution in [0.25, 0.3) is 5.57 Å². The smallest absolute Gasteiger partial charge is 0.478 e. The van der Waals surface area contributed by atoms with Crippen molar-refractivity contribution in [1.29, 1.82) is 0 Å². The molecule has 1 heterocycles. The molecule has 0 N–H and O–H groups in total. The van der Waals surface area contributed by atoms with Crippen molar-refractivity contribution in [3.8, 4) is 5.75 Å². The van der Waals surface area contributed by atoms with Gasteiger partial charge >= 0.3 is 6.36 Å². The van der Waals surface area contributed by atoms with Crippen molar-refractivity contribution in [2.45, 2.75) is 39.0 Å². The second kappa shape index (κ2) is 13.0. The van der Waals surface area contributed by atoms with Crippen LogP contribution in [0.2, 0.25) is 0 Å². The lowest BCUT2D eigenvalue weighted by atomic mass is 10.0. The molecule has 2 aliphatic rings. The summed E-state index contributed by atoms with van der Waals surface area (Å²) < 4.78 is 46.4. The first-order valence-corrected chi connectivity index (χ1v) is 10.3. The Morgan fingerprint density at radius 3 is 2.55 bits per heavy atom. The number of hydrogen-bond acceptors (Lipinski definition) is 6. The molecule has 1 aromatic rings. The van der Waals surface area contributed by atoms with Crippen LogP contribution in [-0.4, -0.2) is 31.8 Å². The van der Waals surface area contributed by atoms with Crippen LogP contribution >= 0.6 is 0 Å². The minimum absolute atomic E-state index is 0.254. The van der Waals surface area contributed by atoms with Crippen molar-refractivity contribution in [3.63, 3.8) is 0 Å². The average molecular weight is 461 g/mol. The maximum atomic E-state index is 12.3. The van der Waals surface area contributed by atoms with Gasteiger partial charge in [0.1, 0.15) is 11.5 Å². The second-order valence-electron chi connectivity index (χ2n) is 6.83. The molecule has 0 saturated carbocycles. The Labute approximate surface area is 191 Å². The average Bonchev–Trinajstić information content (AvgIpc) is 3.10. The van der Waals surface area contributed by atoms with E-state index in [9.17, 15) is 13.2 Å². The van der Waals surface area contributed by atoms with Crippen molar-refractivity contribution < 1.29 is 27.5 Å². The normalized spacial score (nSPS) is 15.3. The summed E-state index contributed by atoms with van der Waals surface area (Å²) in [4.78, 5) is 5.42. The first-order chi connectivity index (χ1) is 15.8. The van der Waals surface area contributed by atoms with E-state index in [1.54, 1.807) is 30.5 Å². The Morgan fingerprint density at radius 2 is 1.94 bits per heavy atom. The molecule has 3 rings (SSSR count). The summed E-state index contributed by atoms with van der Waals surface area (Å²) in [6.07, 6.45) is 7.11. The van der Waals surface area contributed by atoms with Gasteiger partial charge in [-0.05, 0) is 47.3 Å². The molecular weight excluding hydrogens is 435 g/mol. The molecule has 1 aliphatic heterocycles. The first-order valence-electron chi connectivity index (χ1n) is 10.3. The van der Waals surface area contributed by atoms with E-state index in [2.05, 4.69) is 33.4 Å². The van der Waals surface area contributed by atoms with Crippen LogP contribution in [0.3, 0.4) is 0 Å². The Balaban J connectivity index is 0.000000569. The molecule has 9 heteroatoms. The van der Waals surface area contributed by atoms with E-state index >= 15 is 0 Å². The van der Waals surface area contributed by atoms with Gasteiger partial charge < -0.3 is 14.3 Å². The monoisotopic (exact) mass is 461 g/mol. The van der Waals surface area contributed by atoms with Crippen molar-refractivity contribution >= 4 is 24.4 Å². The van der Waals surface area contributed by atoms with Crippen molar-refractivity contribution in [1.82, 2.24) is 0 Å². The molecule has 0 spiro atoms. The number of allylic oxidation sites excluding steroid dienone is 5. The zero-order valence-corrected chi connectivity index (χ0v) is 18.3. The van der Waals surface area contributed by atoms with E-state index < -0.39 is 6.36 Å². The molecule has 0 unspecified atom stereocenters. The SMILES string of the molecule is C=CCCOC1=NOC2=CC=C(c3ccc(OC(F)(F)F)cc3)C=C(C2)C1.C=N/N=C\CC. The summed E-state index contributed by atoms with van der Waals surface area (Å²) >= 11 is 0. The largest absolute Gasteiger partial charge is 0.573 e. The van der Waals surface area contributed by atoms with Crippen molar-refractivity contribution in [2.75, 3.05) is 6.61 Å². The third kappa shape index (κ3) is 9.59. The number of benzene rings is 1. The van der Waals surface area contributed by atoms with Gasteiger partial charge in [-0.3, -0.25) is 0 Å². The van der Waals surface area contributed by atoms with Crippen LogP contribution in [0.15, 0.2) is 81.8 Å². The predicted molar refractivity (Wildman–Crippen MR) is 124 cm³/mol. The van der Waals surface area contributed by atoms with Crippen LogP contribution in [-0.2, 0) is 9.57 Å². The molecule has 0 saturated heterocycles. The van der Waals surface area contributed by atoms with Gasteiger partial charge in [0, 0.05) is 25.8 Å². The molecule has 176 valence electrons. The third-order valence-corrected chi connectivity index (χ3v) is 4.21. The van der Waals surface area contributed by atoms with E-state index in [0.717, 1.165) is 23.1 Å². The zero-order chi connectivity index (χ0) is 24.1. The van der Waals surface area contributed by atoms with Crippen LogP contribution in [0.4, 0.5) is 13.2 Å². The highest BCUT2D eigenvalue weighted by Crippen LogP contribution is 2.31. The minimum Gasteiger partial charge on any atom is -0.478 e. The van der Waals surface area contributed by atoms with Gasteiger partial charge in [-0.25, -0.2) is 0 Å². The molecule has 6 nitrogen and oxygen atoms in total. The summed E-state index contributed by atoms with van der Waals surface area (Å²) in [7, 11) is 0. The fraction of sp³-hybridized carbons (Fsp3) is 0.292. The van der Waals surface area contributed by atoms with E-state index in [1.807, 2.05) is 19.1 Å². The summed E-state index contributed by atoms with van der Waals surface area (Å²) in [6, 6.07) is 5.75. The molecule has 0 radical (unpaired) electrons. The molecule has 0 atom stereocenters. The minimum atomic E-state index is -4.70. The van der Waals surface area contributed by atoms with Gasteiger partial charge in [0.25, 0.3) is 0 Å². The van der Waals surface area contributed by atoms with Gasteiger partial charge in [-0.2, -0.15) is 10.2 Å². The molecule has 33 heavy (non-hydrogen) atoms. The number of hydrogen-bond donors (Lipinski definition) is 0. The summed E-state index contributed by atoms with van der Waals surface area (Å²) in [5, 5.41) is 10.7. The Bertz CT molecular complexity index is 959. The molecule has 2 bridgehead atoms. The van der Waals surface area contributed by atoms with E-state index in [4.69, 9.17) is 9.57 Å². The highest BCUT2D eigenvalue weighted by atomic mass is 19.4. The topological polar surface area (TPSA) is 64.8 Å². The lowest BCUT2D eigenvalue weighted by Gasteiger charge is -2.10. The van der Waals surface area contributed by atoms with Gasteiger partial charge in [0.2, 0.25) is 5.90 Å². The molecule has 1 aromatic carbocycles. The number of fused-ring (bicyclic) bond motifs is 2.